The van der Waals surface area contributed by atoms with Crippen molar-refractivity contribution in [3.8, 4) is 0 Å². The molecule has 0 aliphatic rings. The van der Waals surface area contributed by atoms with Gasteiger partial charge in [-0.25, -0.2) is 0 Å². The van der Waals surface area contributed by atoms with Crippen LogP contribution in [0.2, 0.25) is 0 Å². The maximum Gasteiger partial charge on any atom is 0.306 e. The van der Waals surface area contributed by atoms with Gasteiger partial charge in [0.05, 0.1) is 0 Å². The summed E-state index contributed by atoms with van der Waals surface area (Å²) in [6, 6.07) is 0. The highest BCUT2D eigenvalue weighted by atomic mass is 16.6. The predicted octanol–water partition coefficient (Wildman–Crippen LogP) is 17.3. The zero-order chi connectivity index (χ0) is 45.1. The van der Waals surface area contributed by atoms with Crippen LogP contribution in [0, 0.1) is 0 Å². The highest BCUT2D eigenvalue weighted by Crippen LogP contribution is 2.14. The second-order valence-electron chi connectivity index (χ2n) is 17.4. The fourth-order valence-corrected chi connectivity index (χ4v) is 7.18. The molecular formula is C56H98O6. The molecule has 0 saturated carbocycles. The highest BCUT2D eigenvalue weighted by molar-refractivity contribution is 5.71. The molecule has 0 bridgehead atoms. The molecule has 0 saturated heterocycles. The normalized spacial score (nSPS) is 12.5. The van der Waals surface area contributed by atoms with E-state index in [0.29, 0.717) is 19.3 Å². The van der Waals surface area contributed by atoms with Gasteiger partial charge in [0.2, 0.25) is 0 Å². The first-order valence-corrected chi connectivity index (χ1v) is 26.3. The molecular weight excluding hydrogens is 769 g/mol. The lowest BCUT2D eigenvalue weighted by Gasteiger charge is -2.18. The van der Waals surface area contributed by atoms with E-state index in [1.54, 1.807) is 0 Å². The summed E-state index contributed by atoms with van der Waals surface area (Å²) in [7, 11) is 0. The van der Waals surface area contributed by atoms with E-state index in [9.17, 15) is 14.4 Å². The molecule has 1 atom stereocenters. The van der Waals surface area contributed by atoms with E-state index in [1.807, 2.05) is 0 Å². The van der Waals surface area contributed by atoms with Crippen LogP contribution in [0.1, 0.15) is 258 Å². The fourth-order valence-electron chi connectivity index (χ4n) is 7.18. The highest BCUT2D eigenvalue weighted by Gasteiger charge is 2.19. The van der Waals surface area contributed by atoms with Crippen molar-refractivity contribution < 1.29 is 28.6 Å². The van der Waals surface area contributed by atoms with Crippen LogP contribution in [-0.4, -0.2) is 37.2 Å². The molecule has 6 nitrogen and oxygen atoms in total. The van der Waals surface area contributed by atoms with Crippen molar-refractivity contribution in [2.75, 3.05) is 13.2 Å². The van der Waals surface area contributed by atoms with Crippen molar-refractivity contribution in [2.45, 2.75) is 264 Å². The molecule has 6 heteroatoms. The lowest BCUT2D eigenvalue weighted by atomic mass is 10.1. The number of hydrogen-bond acceptors (Lipinski definition) is 6. The third kappa shape index (κ3) is 48.1. The van der Waals surface area contributed by atoms with E-state index in [-0.39, 0.29) is 31.1 Å². The molecule has 62 heavy (non-hydrogen) atoms. The minimum Gasteiger partial charge on any atom is -0.462 e. The molecule has 0 fully saturated rings. The van der Waals surface area contributed by atoms with Crippen LogP contribution in [0.5, 0.6) is 0 Å². The van der Waals surface area contributed by atoms with Gasteiger partial charge in [0.25, 0.3) is 0 Å². The average molecular weight is 867 g/mol. The van der Waals surface area contributed by atoms with Crippen LogP contribution in [-0.2, 0) is 28.6 Å². The van der Waals surface area contributed by atoms with Crippen molar-refractivity contribution in [1.82, 2.24) is 0 Å². The van der Waals surface area contributed by atoms with Gasteiger partial charge in [-0.05, 0) is 96.3 Å². The summed E-state index contributed by atoms with van der Waals surface area (Å²) in [5.41, 5.74) is 0. The Balaban J connectivity index is 4.42. The Morgan fingerprint density at radius 2 is 0.597 bits per heavy atom. The molecule has 0 spiro atoms. The molecule has 0 aromatic carbocycles. The number of ether oxygens (including phenoxy) is 3. The predicted molar refractivity (Wildman–Crippen MR) is 265 cm³/mol. The first-order valence-electron chi connectivity index (χ1n) is 26.3. The number of hydrogen-bond donors (Lipinski definition) is 0. The van der Waals surface area contributed by atoms with Gasteiger partial charge in [-0.15, -0.1) is 0 Å². The van der Waals surface area contributed by atoms with Crippen LogP contribution in [0.25, 0.3) is 0 Å². The van der Waals surface area contributed by atoms with E-state index < -0.39 is 6.10 Å². The topological polar surface area (TPSA) is 78.9 Å². The van der Waals surface area contributed by atoms with Crippen LogP contribution < -0.4 is 0 Å². The van der Waals surface area contributed by atoms with Gasteiger partial charge in [0.15, 0.2) is 6.10 Å². The summed E-state index contributed by atoms with van der Waals surface area (Å²) in [6.07, 6.45) is 62.0. The third-order valence-corrected chi connectivity index (χ3v) is 11.2. The Bertz CT molecular complexity index is 1130. The van der Waals surface area contributed by atoms with Gasteiger partial charge in [0.1, 0.15) is 13.2 Å². The second kappa shape index (κ2) is 50.8. The van der Waals surface area contributed by atoms with Crippen molar-refractivity contribution in [3.05, 3.63) is 60.8 Å². The smallest absolute Gasteiger partial charge is 0.306 e. The van der Waals surface area contributed by atoms with Crippen molar-refractivity contribution in [2.24, 2.45) is 0 Å². The molecule has 0 N–H and O–H groups in total. The molecule has 0 amide bonds. The molecule has 1 unspecified atom stereocenters. The van der Waals surface area contributed by atoms with E-state index in [4.69, 9.17) is 14.2 Å². The zero-order valence-electron chi connectivity index (χ0n) is 40.9. The zero-order valence-corrected chi connectivity index (χ0v) is 40.9. The van der Waals surface area contributed by atoms with Gasteiger partial charge in [0, 0.05) is 19.3 Å². The van der Waals surface area contributed by atoms with Crippen LogP contribution in [0.4, 0.5) is 0 Å². The number of unbranched alkanes of at least 4 members (excludes halogenated alkanes) is 26. The van der Waals surface area contributed by atoms with Gasteiger partial charge in [-0.2, -0.15) is 0 Å². The fraction of sp³-hybridized carbons (Fsp3) is 0.768. The van der Waals surface area contributed by atoms with E-state index >= 15 is 0 Å². The molecule has 0 radical (unpaired) electrons. The largest absolute Gasteiger partial charge is 0.462 e. The summed E-state index contributed by atoms with van der Waals surface area (Å²) in [5, 5.41) is 0. The number of rotatable bonds is 47. The van der Waals surface area contributed by atoms with Gasteiger partial charge < -0.3 is 14.2 Å². The van der Waals surface area contributed by atoms with Crippen LogP contribution in [0.3, 0.4) is 0 Å². The first kappa shape index (κ1) is 59.1. The maximum atomic E-state index is 12.8. The second-order valence-corrected chi connectivity index (χ2v) is 17.4. The Hall–Kier alpha value is -2.89. The van der Waals surface area contributed by atoms with Crippen LogP contribution >= 0.6 is 0 Å². The summed E-state index contributed by atoms with van der Waals surface area (Å²) >= 11 is 0. The number of esters is 3. The van der Waals surface area contributed by atoms with E-state index in [1.165, 1.54) is 109 Å². The number of carbonyl (C=O) groups excluding carboxylic acids is 3. The van der Waals surface area contributed by atoms with Crippen molar-refractivity contribution in [1.29, 1.82) is 0 Å². The molecule has 0 aliphatic carbocycles. The quantitative estimate of drug-likeness (QED) is 0.0262. The standard InChI is InChI=1S/C56H98O6/c1-4-7-10-13-16-19-22-25-28-29-32-34-37-40-43-46-49-55(58)61-52-53(62-56(59)50-47-44-41-38-35-31-27-24-21-18-15-12-9-6-3)51-60-54(57)48-45-42-39-36-33-30-26-23-20-17-14-11-8-5-2/h14-15,17-18,23-24,26-29,53H,4-13,16,19-22,25,30-52H2,1-3H3/b17-14-,18-15-,26-23-,27-24-,29-28-. The first-order chi connectivity index (χ1) is 30.5. The number of allylic oxidation sites excluding steroid dienone is 10. The molecule has 0 aromatic heterocycles. The number of carbonyl (C=O) groups is 3. The molecule has 0 rings (SSSR count). The van der Waals surface area contributed by atoms with E-state index in [2.05, 4.69) is 81.5 Å². The van der Waals surface area contributed by atoms with Crippen molar-refractivity contribution >= 4 is 17.9 Å². The summed E-state index contributed by atoms with van der Waals surface area (Å²) < 4.78 is 16.8. The summed E-state index contributed by atoms with van der Waals surface area (Å²) in [6.45, 7) is 6.53. The minimum absolute atomic E-state index is 0.0886. The summed E-state index contributed by atoms with van der Waals surface area (Å²) in [4.78, 5) is 38.0. The lowest BCUT2D eigenvalue weighted by molar-refractivity contribution is -0.167. The Labute approximate surface area is 383 Å². The van der Waals surface area contributed by atoms with Crippen molar-refractivity contribution in [3.63, 3.8) is 0 Å². The Morgan fingerprint density at radius 3 is 0.952 bits per heavy atom. The molecule has 0 aromatic rings. The SMILES string of the molecule is CCCC/C=C\C/C=C\CCCCCCCC(=O)OCC(COC(=O)CCCCCCC/C=C\CCCCCCCCC)OC(=O)CCCCCCC/C=C\C/C=C\CCCC. The van der Waals surface area contributed by atoms with Gasteiger partial charge in [-0.3, -0.25) is 14.4 Å². The summed E-state index contributed by atoms with van der Waals surface area (Å²) in [5.74, 6) is -0.920. The minimum atomic E-state index is -0.789. The third-order valence-electron chi connectivity index (χ3n) is 11.2. The van der Waals surface area contributed by atoms with Crippen LogP contribution in [0.15, 0.2) is 60.8 Å². The monoisotopic (exact) mass is 867 g/mol. The molecule has 358 valence electrons. The lowest BCUT2D eigenvalue weighted by Crippen LogP contribution is -2.30. The average Bonchev–Trinajstić information content (AvgIpc) is 3.27. The molecule has 0 aliphatic heterocycles. The molecule has 0 heterocycles. The van der Waals surface area contributed by atoms with Gasteiger partial charge in [-0.1, -0.05) is 204 Å². The van der Waals surface area contributed by atoms with E-state index in [0.717, 1.165) is 109 Å². The Morgan fingerprint density at radius 1 is 0.323 bits per heavy atom. The maximum absolute atomic E-state index is 12.8. The Kier molecular flexibility index (Phi) is 48.4. The van der Waals surface area contributed by atoms with Gasteiger partial charge >= 0.3 is 17.9 Å².